The molecule has 1 heterocycles. The summed E-state index contributed by atoms with van der Waals surface area (Å²) in [6, 6.07) is 5.42. The lowest BCUT2D eigenvalue weighted by molar-refractivity contribution is -0.124. The minimum absolute atomic E-state index is 0. The highest BCUT2D eigenvalue weighted by Gasteiger charge is 2.35. The maximum atomic E-state index is 12.2. The number of halogens is 2. The number of hydrogen-bond acceptors (Lipinski definition) is 3. The third kappa shape index (κ3) is 3.83. The number of amides is 1. The smallest absolute Gasteiger partial charge is 0.244 e. The van der Waals surface area contributed by atoms with Gasteiger partial charge >= 0.3 is 0 Å². The van der Waals surface area contributed by atoms with Crippen LogP contribution < -0.4 is 11.1 Å². The molecule has 6 heteroatoms. The Bertz CT molecular complexity index is 460. The van der Waals surface area contributed by atoms with Crippen molar-refractivity contribution in [3.8, 4) is 0 Å². The Labute approximate surface area is 124 Å². The molecular formula is C13H18Cl2N2O2. The van der Waals surface area contributed by atoms with Crippen molar-refractivity contribution >= 4 is 35.6 Å². The van der Waals surface area contributed by atoms with Gasteiger partial charge < -0.3 is 15.8 Å². The first-order valence-electron chi connectivity index (χ1n) is 5.95. The number of hydrogen-bond donors (Lipinski definition) is 2. The van der Waals surface area contributed by atoms with E-state index in [1.165, 1.54) is 0 Å². The van der Waals surface area contributed by atoms with E-state index in [0.29, 0.717) is 36.8 Å². The molecule has 0 aromatic heterocycles. The molecule has 0 spiro atoms. The van der Waals surface area contributed by atoms with Crippen molar-refractivity contribution in [1.29, 1.82) is 0 Å². The summed E-state index contributed by atoms with van der Waals surface area (Å²) in [7, 11) is 0. The third-order valence-corrected chi connectivity index (χ3v) is 3.67. The van der Waals surface area contributed by atoms with Crippen LogP contribution in [0.2, 0.25) is 5.02 Å². The number of rotatable bonds is 2. The van der Waals surface area contributed by atoms with E-state index in [4.69, 9.17) is 22.1 Å². The number of carbonyl (C=O) groups excluding carboxylic acids is 1. The molecule has 0 aliphatic carbocycles. The molecule has 1 aromatic rings. The van der Waals surface area contributed by atoms with Crippen molar-refractivity contribution in [2.45, 2.75) is 25.3 Å². The largest absolute Gasteiger partial charge is 0.381 e. The molecule has 106 valence electrons. The Hall–Kier alpha value is -0.810. The van der Waals surface area contributed by atoms with Gasteiger partial charge in [0.1, 0.15) is 5.54 Å². The fourth-order valence-corrected chi connectivity index (χ4v) is 2.07. The zero-order valence-electron chi connectivity index (χ0n) is 10.7. The predicted molar refractivity (Wildman–Crippen MR) is 79.0 cm³/mol. The van der Waals surface area contributed by atoms with Crippen LogP contribution in [-0.4, -0.2) is 24.7 Å². The van der Waals surface area contributed by atoms with E-state index < -0.39 is 5.54 Å². The lowest BCUT2D eigenvalue weighted by atomic mass is 9.90. The molecule has 3 N–H and O–H groups in total. The number of carbonyl (C=O) groups is 1. The summed E-state index contributed by atoms with van der Waals surface area (Å²) in [6.07, 6.45) is 1.08. The van der Waals surface area contributed by atoms with Crippen molar-refractivity contribution in [2.24, 2.45) is 5.73 Å². The van der Waals surface area contributed by atoms with Crippen LogP contribution in [0.1, 0.15) is 18.4 Å². The second-order valence-electron chi connectivity index (χ2n) is 4.69. The molecule has 19 heavy (non-hydrogen) atoms. The van der Waals surface area contributed by atoms with Crippen molar-refractivity contribution in [1.82, 2.24) is 0 Å². The van der Waals surface area contributed by atoms with Crippen molar-refractivity contribution < 1.29 is 9.53 Å². The minimum Gasteiger partial charge on any atom is -0.381 e. The molecule has 0 atom stereocenters. The summed E-state index contributed by atoms with van der Waals surface area (Å²) < 4.78 is 5.22. The number of anilines is 1. The topological polar surface area (TPSA) is 64.4 Å². The highest BCUT2D eigenvalue weighted by atomic mass is 35.5. The molecule has 0 bridgehead atoms. The zero-order valence-corrected chi connectivity index (χ0v) is 12.3. The molecule has 0 unspecified atom stereocenters. The van der Waals surface area contributed by atoms with E-state index in [9.17, 15) is 4.79 Å². The van der Waals surface area contributed by atoms with Crippen LogP contribution in [0.3, 0.4) is 0 Å². The van der Waals surface area contributed by atoms with Gasteiger partial charge in [-0.25, -0.2) is 0 Å². The van der Waals surface area contributed by atoms with Crippen molar-refractivity contribution in [3.05, 3.63) is 28.8 Å². The maximum Gasteiger partial charge on any atom is 0.244 e. The monoisotopic (exact) mass is 304 g/mol. The first-order valence-corrected chi connectivity index (χ1v) is 6.33. The van der Waals surface area contributed by atoms with Gasteiger partial charge in [0.2, 0.25) is 5.91 Å². The zero-order chi connectivity index (χ0) is 13.2. The quantitative estimate of drug-likeness (QED) is 0.882. The highest BCUT2D eigenvalue weighted by molar-refractivity contribution is 6.31. The number of aryl methyl sites for hydroxylation is 1. The summed E-state index contributed by atoms with van der Waals surface area (Å²) in [5.41, 5.74) is 6.90. The van der Waals surface area contributed by atoms with Gasteiger partial charge in [-0.3, -0.25) is 4.79 Å². The van der Waals surface area contributed by atoms with Gasteiger partial charge in [-0.15, -0.1) is 12.4 Å². The Balaban J connectivity index is 0.00000180. The van der Waals surface area contributed by atoms with E-state index >= 15 is 0 Å². The first-order chi connectivity index (χ1) is 8.51. The molecular weight excluding hydrogens is 287 g/mol. The average molecular weight is 305 g/mol. The summed E-state index contributed by atoms with van der Waals surface area (Å²) in [5, 5.41) is 3.45. The maximum absolute atomic E-state index is 12.2. The van der Waals surface area contributed by atoms with Crippen molar-refractivity contribution in [3.63, 3.8) is 0 Å². The number of nitrogens with two attached hydrogens (primary N) is 1. The van der Waals surface area contributed by atoms with Gasteiger partial charge in [-0.1, -0.05) is 17.7 Å². The molecule has 1 saturated heterocycles. The SMILES string of the molecule is Cc1ccc(NC(=O)C2(N)CCOCC2)cc1Cl.Cl. The van der Waals surface area contributed by atoms with Gasteiger partial charge in [0.25, 0.3) is 0 Å². The summed E-state index contributed by atoms with van der Waals surface area (Å²) in [6.45, 7) is 2.97. The van der Waals surface area contributed by atoms with E-state index in [-0.39, 0.29) is 18.3 Å². The van der Waals surface area contributed by atoms with E-state index in [0.717, 1.165) is 5.56 Å². The average Bonchev–Trinajstić information content (AvgIpc) is 2.35. The van der Waals surface area contributed by atoms with Crippen LogP contribution in [0.15, 0.2) is 18.2 Å². The Kier molecular flexibility index (Phi) is 5.62. The van der Waals surface area contributed by atoms with E-state index in [2.05, 4.69) is 5.32 Å². The van der Waals surface area contributed by atoms with Gasteiger partial charge in [0, 0.05) is 23.9 Å². The van der Waals surface area contributed by atoms with Gasteiger partial charge in [0.05, 0.1) is 0 Å². The summed E-state index contributed by atoms with van der Waals surface area (Å²) in [4.78, 5) is 12.2. The minimum atomic E-state index is -0.838. The normalized spacial score (nSPS) is 17.4. The summed E-state index contributed by atoms with van der Waals surface area (Å²) in [5.74, 6) is -0.175. The Morgan fingerprint density at radius 2 is 2.05 bits per heavy atom. The second kappa shape index (κ2) is 6.57. The van der Waals surface area contributed by atoms with Crippen LogP contribution in [0.25, 0.3) is 0 Å². The predicted octanol–water partition coefficient (Wildman–Crippen LogP) is 2.52. The van der Waals surface area contributed by atoms with Crippen LogP contribution in [0, 0.1) is 6.92 Å². The highest BCUT2D eigenvalue weighted by Crippen LogP contribution is 2.23. The van der Waals surface area contributed by atoms with Crippen LogP contribution in [0.5, 0.6) is 0 Å². The first kappa shape index (κ1) is 16.2. The number of benzene rings is 1. The molecule has 1 aliphatic rings. The molecule has 1 aliphatic heterocycles. The lowest BCUT2D eigenvalue weighted by Crippen LogP contribution is -2.54. The third-order valence-electron chi connectivity index (χ3n) is 3.27. The summed E-state index contributed by atoms with van der Waals surface area (Å²) >= 11 is 6.02. The van der Waals surface area contributed by atoms with Gasteiger partial charge in [-0.05, 0) is 37.5 Å². The molecule has 4 nitrogen and oxygen atoms in total. The second-order valence-corrected chi connectivity index (χ2v) is 5.09. The van der Waals surface area contributed by atoms with Gasteiger partial charge in [0.15, 0.2) is 0 Å². The number of nitrogens with one attached hydrogen (secondary N) is 1. The molecule has 2 rings (SSSR count). The Morgan fingerprint density at radius 1 is 1.42 bits per heavy atom. The fourth-order valence-electron chi connectivity index (χ4n) is 1.89. The lowest BCUT2D eigenvalue weighted by Gasteiger charge is -2.31. The van der Waals surface area contributed by atoms with E-state index in [1.54, 1.807) is 6.07 Å². The van der Waals surface area contributed by atoms with Crippen LogP contribution in [-0.2, 0) is 9.53 Å². The molecule has 0 radical (unpaired) electrons. The number of ether oxygens (including phenoxy) is 1. The van der Waals surface area contributed by atoms with Gasteiger partial charge in [-0.2, -0.15) is 0 Å². The van der Waals surface area contributed by atoms with Crippen LogP contribution in [0.4, 0.5) is 5.69 Å². The fraction of sp³-hybridized carbons (Fsp3) is 0.462. The van der Waals surface area contributed by atoms with Crippen molar-refractivity contribution in [2.75, 3.05) is 18.5 Å². The van der Waals surface area contributed by atoms with Crippen LogP contribution >= 0.6 is 24.0 Å². The van der Waals surface area contributed by atoms with E-state index in [1.807, 2.05) is 19.1 Å². The molecule has 1 fully saturated rings. The Morgan fingerprint density at radius 3 is 2.63 bits per heavy atom. The molecule has 1 amide bonds. The molecule has 0 saturated carbocycles. The molecule has 1 aromatic carbocycles. The standard InChI is InChI=1S/C13H17ClN2O2.ClH/c1-9-2-3-10(8-11(9)14)16-12(17)13(15)4-6-18-7-5-13;/h2-3,8H,4-7,15H2,1H3,(H,16,17);1H.